The molecule has 0 saturated carbocycles. The third-order valence-electron chi connectivity index (χ3n) is 2.72. The molecular formula is C14H13BrFNOS. The second-order valence-electron chi connectivity index (χ2n) is 4.05. The second-order valence-corrected chi connectivity index (χ2v) is 6.52. The summed E-state index contributed by atoms with van der Waals surface area (Å²) in [5.74, 6) is -0.303. The minimum absolute atomic E-state index is 0.0255. The first-order valence-electron chi connectivity index (χ1n) is 5.89. The first kappa shape index (κ1) is 14.2. The minimum Gasteiger partial charge on any atom is -0.334 e. The third-order valence-corrected chi connectivity index (χ3v) is 4.33. The molecule has 100 valence electrons. The number of carbonyl (C=O) groups is 1. The van der Waals surface area contributed by atoms with Crippen molar-refractivity contribution in [3.05, 3.63) is 56.4 Å². The number of hydrogen-bond acceptors (Lipinski definition) is 2. The van der Waals surface area contributed by atoms with E-state index >= 15 is 0 Å². The fourth-order valence-corrected chi connectivity index (χ4v) is 3.12. The summed E-state index contributed by atoms with van der Waals surface area (Å²) in [4.78, 5) is 14.7. The summed E-state index contributed by atoms with van der Waals surface area (Å²) in [7, 11) is 0. The van der Waals surface area contributed by atoms with Crippen molar-refractivity contribution < 1.29 is 9.18 Å². The van der Waals surface area contributed by atoms with Gasteiger partial charge in [-0.2, -0.15) is 0 Å². The predicted octanol–water partition coefficient (Wildman–Crippen LogP) is 4.31. The van der Waals surface area contributed by atoms with Gasteiger partial charge < -0.3 is 4.90 Å². The van der Waals surface area contributed by atoms with Gasteiger partial charge in [-0.3, -0.25) is 4.79 Å². The lowest BCUT2D eigenvalue weighted by Crippen LogP contribution is -2.29. The normalized spacial score (nSPS) is 10.5. The highest BCUT2D eigenvalue weighted by Gasteiger charge is 2.16. The Morgan fingerprint density at radius 1 is 1.37 bits per heavy atom. The summed E-state index contributed by atoms with van der Waals surface area (Å²) in [5, 5.41) is 0. The predicted molar refractivity (Wildman–Crippen MR) is 78.8 cm³/mol. The molecule has 19 heavy (non-hydrogen) atoms. The summed E-state index contributed by atoms with van der Waals surface area (Å²) in [6, 6.07) is 9.99. The molecule has 2 aromatic rings. The monoisotopic (exact) mass is 341 g/mol. The van der Waals surface area contributed by atoms with Crippen molar-refractivity contribution in [3.63, 3.8) is 0 Å². The Balaban J connectivity index is 2.14. The number of halogens is 2. The van der Waals surface area contributed by atoms with Gasteiger partial charge >= 0.3 is 0 Å². The van der Waals surface area contributed by atoms with Gasteiger partial charge in [-0.15, -0.1) is 11.3 Å². The third kappa shape index (κ3) is 3.64. The summed E-state index contributed by atoms with van der Waals surface area (Å²) < 4.78 is 14.1. The summed E-state index contributed by atoms with van der Waals surface area (Å²) in [6.07, 6.45) is 0. The van der Waals surface area contributed by atoms with E-state index in [1.807, 2.05) is 19.1 Å². The van der Waals surface area contributed by atoms with Gasteiger partial charge in [-0.25, -0.2) is 4.39 Å². The molecule has 0 atom stereocenters. The molecular weight excluding hydrogens is 329 g/mol. The number of carbonyl (C=O) groups excluding carboxylic acids is 1. The van der Waals surface area contributed by atoms with Crippen molar-refractivity contribution in [2.45, 2.75) is 13.5 Å². The molecule has 0 radical (unpaired) electrons. The largest absolute Gasteiger partial charge is 0.334 e. The molecule has 0 spiro atoms. The zero-order chi connectivity index (χ0) is 13.8. The standard InChI is InChI=1S/C14H13BrFNOS/c1-2-17(9-10-4-3-5-11(16)8-10)14(18)12-6-7-13(15)19-12/h3-8H,2,9H2,1H3. The molecule has 0 fully saturated rings. The van der Waals surface area contributed by atoms with E-state index in [0.717, 1.165) is 9.35 Å². The van der Waals surface area contributed by atoms with Gasteiger partial charge in [0.2, 0.25) is 0 Å². The molecule has 1 amide bonds. The number of amides is 1. The zero-order valence-electron chi connectivity index (χ0n) is 10.4. The van der Waals surface area contributed by atoms with E-state index in [9.17, 15) is 9.18 Å². The Kier molecular flexibility index (Phi) is 4.71. The maximum atomic E-state index is 13.1. The van der Waals surface area contributed by atoms with E-state index in [1.54, 1.807) is 17.0 Å². The molecule has 0 N–H and O–H groups in total. The van der Waals surface area contributed by atoms with E-state index in [0.29, 0.717) is 18.0 Å². The number of rotatable bonds is 4. The average Bonchev–Trinajstić information content (AvgIpc) is 2.82. The van der Waals surface area contributed by atoms with Gasteiger partial charge in [0.05, 0.1) is 8.66 Å². The van der Waals surface area contributed by atoms with Gasteiger partial charge in [0, 0.05) is 13.1 Å². The van der Waals surface area contributed by atoms with Crippen molar-refractivity contribution >= 4 is 33.2 Å². The van der Waals surface area contributed by atoms with E-state index in [4.69, 9.17) is 0 Å². The smallest absolute Gasteiger partial charge is 0.264 e. The number of thiophene rings is 1. The van der Waals surface area contributed by atoms with Crippen LogP contribution in [0.25, 0.3) is 0 Å². The Hall–Kier alpha value is -1.20. The van der Waals surface area contributed by atoms with Crippen molar-refractivity contribution in [1.82, 2.24) is 4.90 Å². The number of hydrogen-bond donors (Lipinski definition) is 0. The molecule has 1 heterocycles. The molecule has 0 saturated heterocycles. The van der Waals surface area contributed by atoms with Gasteiger partial charge in [0.25, 0.3) is 5.91 Å². The first-order valence-corrected chi connectivity index (χ1v) is 7.50. The van der Waals surface area contributed by atoms with E-state index < -0.39 is 0 Å². The lowest BCUT2D eigenvalue weighted by atomic mass is 10.2. The zero-order valence-corrected chi connectivity index (χ0v) is 12.8. The van der Waals surface area contributed by atoms with Gasteiger partial charge in [-0.05, 0) is 52.7 Å². The molecule has 0 aliphatic rings. The molecule has 0 bridgehead atoms. The maximum Gasteiger partial charge on any atom is 0.264 e. The molecule has 1 aromatic heterocycles. The highest BCUT2D eigenvalue weighted by molar-refractivity contribution is 9.11. The van der Waals surface area contributed by atoms with Crippen LogP contribution in [0.15, 0.2) is 40.2 Å². The number of benzene rings is 1. The van der Waals surface area contributed by atoms with Crippen LogP contribution >= 0.6 is 27.3 Å². The van der Waals surface area contributed by atoms with Crippen LogP contribution in [0.2, 0.25) is 0 Å². The van der Waals surface area contributed by atoms with Crippen LogP contribution < -0.4 is 0 Å². The Bertz CT molecular complexity index is 584. The van der Waals surface area contributed by atoms with Crippen molar-refractivity contribution in [1.29, 1.82) is 0 Å². The second kappa shape index (κ2) is 6.30. The molecule has 5 heteroatoms. The van der Waals surface area contributed by atoms with Crippen LogP contribution in [0.4, 0.5) is 4.39 Å². The van der Waals surface area contributed by atoms with Crippen LogP contribution in [0.5, 0.6) is 0 Å². The minimum atomic E-state index is -0.278. The van der Waals surface area contributed by atoms with E-state index in [1.165, 1.54) is 23.5 Å². The fraction of sp³-hybridized carbons (Fsp3) is 0.214. The Morgan fingerprint density at radius 3 is 2.74 bits per heavy atom. The summed E-state index contributed by atoms with van der Waals surface area (Å²) in [6.45, 7) is 2.92. The first-order chi connectivity index (χ1) is 9.10. The van der Waals surface area contributed by atoms with Crippen molar-refractivity contribution in [3.8, 4) is 0 Å². The molecule has 0 unspecified atom stereocenters. The van der Waals surface area contributed by atoms with Crippen LogP contribution in [0, 0.1) is 5.82 Å². The summed E-state index contributed by atoms with van der Waals surface area (Å²) in [5.41, 5.74) is 0.797. The van der Waals surface area contributed by atoms with Crippen LogP contribution in [-0.2, 0) is 6.54 Å². The lowest BCUT2D eigenvalue weighted by Gasteiger charge is -2.20. The van der Waals surface area contributed by atoms with E-state index in [2.05, 4.69) is 15.9 Å². The van der Waals surface area contributed by atoms with Crippen molar-refractivity contribution in [2.75, 3.05) is 6.54 Å². The van der Waals surface area contributed by atoms with Crippen LogP contribution in [0.3, 0.4) is 0 Å². The molecule has 1 aromatic carbocycles. The topological polar surface area (TPSA) is 20.3 Å². The average molecular weight is 342 g/mol. The molecule has 2 rings (SSSR count). The lowest BCUT2D eigenvalue weighted by molar-refractivity contribution is 0.0757. The van der Waals surface area contributed by atoms with Gasteiger partial charge in [-0.1, -0.05) is 12.1 Å². The van der Waals surface area contributed by atoms with Gasteiger partial charge in [0.15, 0.2) is 0 Å². The molecule has 0 aliphatic carbocycles. The summed E-state index contributed by atoms with van der Waals surface area (Å²) >= 11 is 4.75. The Labute approximate surface area is 124 Å². The van der Waals surface area contributed by atoms with Crippen molar-refractivity contribution in [2.24, 2.45) is 0 Å². The highest BCUT2D eigenvalue weighted by atomic mass is 79.9. The Morgan fingerprint density at radius 2 is 2.16 bits per heavy atom. The molecule has 2 nitrogen and oxygen atoms in total. The van der Waals surface area contributed by atoms with Gasteiger partial charge in [0.1, 0.15) is 5.82 Å². The quantitative estimate of drug-likeness (QED) is 0.811. The fourth-order valence-electron chi connectivity index (χ4n) is 1.77. The van der Waals surface area contributed by atoms with Crippen LogP contribution in [-0.4, -0.2) is 17.4 Å². The molecule has 0 aliphatic heterocycles. The van der Waals surface area contributed by atoms with E-state index in [-0.39, 0.29) is 11.7 Å². The maximum absolute atomic E-state index is 13.1. The highest BCUT2D eigenvalue weighted by Crippen LogP contribution is 2.23. The number of nitrogens with zero attached hydrogens (tertiary/aromatic N) is 1. The SMILES string of the molecule is CCN(Cc1cccc(F)c1)C(=O)c1ccc(Br)s1. The van der Waals surface area contributed by atoms with Crippen LogP contribution in [0.1, 0.15) is 22.2 Å².